The van der Waals surface area contributed by atoms with Gasteiger partial charge in [-0.25, -0.2) is 0 Å². The van der Waals surface area contributed by atoms with E-state index in [9.17, 15) is 0 Å². The van der Waals surface area contributed by atoms with Crippen LogP contribution in [0, 0.1) is 6.92 Å². The molecular formula is C28H25N. The molecule has 2 N–H and O–H groups in total. The maximum absolute atomic E-state index is 6.56. The van der Waals surface area contributed by atoms with Gasteiger partial charge < -0.3 is 5.73 Å². The summed E-state index contributed by atoms with van der Waals surface area (Å²) in [7, 11) is 0. The van der Waals surface area contributed by atoms with E-state index in [1.807, 2.05) is 19.1 Å². The lowest BCUT2D eigenvalue weighted by molar-refractivity contribution is 1.47. The van der Waals surface area contributed by atoms with Crippen molar-refractivity contribution in [1.29, 1.82) is 0 Å². The summed E-state index contributed by atoms with van der Waals surface area (Å²) in [5, 5.41) is 0. The largest absolute Gasteiger partial charge is 0.398 e. The van der Waals surface area contributed by atoms with Gasteiger partial charge in [0, 0.05) is 11.3 Å². The first kappa shape index (κ1) is 18.8. The summed E-state index contributed by atoms with van der Waals surface area (Å²) in [6.45, 7) is 4.12. The minimum Gasteiger partial charge on any atom is -0.398 e. The van der Waals surface area contributed by atoms with E-state index in [-0.39, 0.29) is 0 Å². The van der Waals surface area contributed by atoms with E-state index in [1.54, 1.807) is 0 Å². The summed E-state index contributed by atoms with van der Waals surface area (Å²) < 4.78 is 0. The zero-order valence-corrected chi connectivity index (χ0v) is 16.9. The van der Waals surface area contributed by atoms with Gasteiger partial charge in [0.1, 0.15) is 0 Å². The SMILES string of the molecule is C/C=C\c1cc(-c2cccc(-c3ccccc3)c2)cc(-c2ccc(C)cc2)c1N. The topological polar surface area (TPSA) is 26.0 Å². The molecule has 0 unspecified atom stereocenters. The molecule has 0 aliphatic carbocycles. The summed E-state index contributed by atoms with van der Waals surface area (Å²) in [5.41, 5.74) is 16.7. The van der Waals surface area contributed by atoms with Crippen molar-refractivity contribution >= 4 is 11.8 Å². The van der Waals surface area contributed by atoms with Gasteiger partial charge in [0.25, 0.3) is 0 Å². The molecule has 0 aliphatic heterocycles. The highest BCUT2D eigenvalue weighted by molar-refractivity contribution is 5.88. The Hall–Kier alpha value is -3.58. The molecule has 0 heterocycles. The van der Waals surface area contributed by atoms with Gasteiger partial charge in [-0.3, -0.25) is 0 Å². The van der Waals surface area contributed by atoms with Crippen LogP contribution >= 0.6 is 0 Å². The van der Waals surface area contributed by atoms with Crippen molar-refractivity contribution in [2.45, 2.75) is 13.8 Å². The Labute approximate surface area is 173 Å². The van der Waals surface area contributed by atoms with Crippen molar-refractivity contribution < 1.29 is 0 Å². The number of nitrogens with two attached hydrogens (primary N) is 1. The fourth-order valence-corrected chi connectivity index (χ4v) is 3.64. The van der Waals surface area contributed by atoms with Crippen LogP contribution in [0.15, 0.2) is 97.1 Å². The van der Waals surface area contributed by atoms with Crippen molar-refractivity contribution in [3.8, 4) is 33.4 Å². The van der Waals surface area contributed by atoms with Crippen LogP contribution < -0.4 is 5.73 Å². The highest BCUT2D eigenvalue weighted by atomic mass is 14.6. The van der Waals surface area contributed by atoms with Crippen molar-refractivity contribution in [3.63, 3.8) is 0 Å². The van der Waals surface area contributed by atoms with Crippen LogP contribution in [-0.4, -0.2) is 0 Å². The average Bonchev–Trinajstić information content (AvgIpc) is 2.77. The normalized spacial score (nSPS) is 11.1. The highest BCUT2D eigenvalue weighted by Crippen LogP contribution is 2.36. The van der Waals surface area contributed by atoms with E-state index in [0.717, 1.165) is 22.4 Å². The molecule has 0 bridgehead atoms. The standard InChI is InChI=1S/C28H25N/c1-3-8-25-18-26(19-27(28(25)29)22-15-13-20(2)14-16-22)24-12-7-11-23(17-24)21-9-5-4-6-10-21/h3-19H,29H2,1-2H3/b8-3-. The van der Waals surface area contributed by atoms with Gasteiger partial charge in [-0.05, 0) is 65.4 Å². The molecule has 29 heavy (non-hydrogen) atoms. The highest BCUT2D eigenvalue weighted by Gasteiger charge is 2.11. The minimum absolute atomic E-state index is 0.815. The van der Waals surface area contributed by atoms with Crippen LogP contribution in [0.3, 0.4) is 0 Å². The Morgan fingerprint density at radius 3 is 1.97 bits per heavy atom. The maximum Gasteiger partial charge on any atom is 0.0467 e. The Bertz CT molecular complexity index is 1150. The van der Waals surface area contributed by atoms with Gasteiger partial charge in [-0.15, -0.1) is 0 Å². The summed E-state index contributed by atoms with van der Waals surface area (Å²) in [5.74, 6) is 0. The molecule has 4 rings (SSSR count). The third-order valence-corrected chi connectivity index (χ3v) is 5.22. The van der Waals surface area contributed by atoms with Gasteiger partial charge in [-0.2, -0.15) is 0 Å². The molecule has 0 spiro atoms. The van der Waals surface area contributed by atoms with Crippen LogP contribution in [0.2, 0.25) is 0 Å². The molecule has 0 atom stereocenters. The van der Waals surface area contributed by atoms with E-state index >= 15 is 0 Å². The fraction of sp³-hybridized carbons (Fsp3) is 0.0714. The van der Waals surface area contributed by atoms with Gasteiger partial charge in [0.05, 0.1) is 0 Å². The summed E-state index contributed by atoms with van der Waals surface area (Å²) in [6, 6.07) is 32.1. The Morgan fingerprint density at radius 1 is 0.621 bits per heavy atom. The number of hydrogen-bond donors (Lipinski definition) is 1. The van der Waals surface area contributed by atoms with Crippen molar-refractivity contribution in [2.75, 3.05) is 5.73 Å². The fourth-order valence-electron chi connectivity index (χ4n) is 3.64. The second-order valence-corrected chi connectivity index (χ2v) is 7.34. The molecular weight excluding hydrogens is 350 g/mol. The Balaban J connectivity index is 1.87. The van der Waals surface area contributed by atoms with E-state index in [4.69, 9.17) is 5.73 Å². The molecule has 0 aliphatic rings. The van der Waals surface area contributed by atoms with Crippen molar-refractivity contribution in [3.05, 3.63) is 108 Å². The lowest BCUT2D eigenvalue weighted by atomic mass is 9.92. The van der Waals surface area contributed by atoms with Crippen LogP contribution in [-0.2, 0) is 0 Å². The van der Waals surface area contributed by atoms with Gasteiger partial charge in [-0.1, -0.05) is 90.5 Å². The second kappa shape index (κ2) is 8.20. The number of allylic oxidation sites excluding steroid dienone is 1. The zero-order valence-electron chi connectivity index (χ0n) is 16.9. The molecule has 1 nitrogen and oxygen atoms in total. The minimum atomic E-state index is 0.815. The molecule has 0 radical (unpaired) electrons. The predicted octanol–water partition coefficient (Wildman–Crippen LogP) is 7.61. The summed E-state index contributed by atoms with van der Waals surface area (Å²) in [4.78, 5) is 0. The third kappa shape index (κ3) is 4.00. The number of hydrogen-bond acceptors (Lipinski definition) is 1. The first-order valence-corrected chi connectivity index (χ1v) is 9.95. The number of nitrogen functional groups attached to an aromatic ring is 1. The van der Waals surface area contributed by atoms with Crippen molar-refractivity contribution in [2.24, 2.45) is 0 Å². The van der Waals surface area contributed by atoms with Crippen LogP contribution in [0.25, 0.3) is 39.5 Å². The second-order valence-electron chi connectivity index (χ2n) is 7.34. The predicted molar refractivity (Wildman–Crippen MR) is 127 cm³/mol. The molecule has 4 aromatic carbocycles. The molecule has 4 aromatic rings. The van der Waals surface area contributed by atoms with Crippen LogP contribution in [0.4, 0.5) is 5.69 Å². The smallest absolute Gasteiger partial charge is 0.0467 e. The average molecular weight is 376 g/mol. The Morgan fingerprint density at radius 2 is 1.28 bits per heavy atom. The molecule has 1 heteroatoms. The molecule has 0 amide bonds. The third-order valence-electron chi connectivity index (χ3n) is 5.22. The van der Waals surface area contributed by atoms with Gasteiger partial charge in [0.2, 0.25) is 0 Å². The lowest BCUT2D eigenvalue weighted by Crippen LogP contribution is -1.96. The van der Waals surface area contributed by atoms with Crippen LogP contribution in [0.5, 0.6) is 0 Å². The zero-order chi connectivity index (χ0) is 20.2. The number of benzene rings is 4. The van der Waals surface area contributed by atoms with Gasteiger partial charge in [0.15, 0.2) is 0 Å². The molecule has 0 aromatic heterocycles. The van der Waals surface area contributed by atoms with E-state index in [1.165, 1.54) is 27.8 Å². The summed E-state index contributed by atoms with van der Waals surface area (Å²) >= 11 is 0. The van der Waals surface area contributed by atoms with E-state index < -0.39 is 0 Å². The van der Waals surface area contributed by atoms with Gasteiger partial charge >= 0.3 is 0 Å². The number of anilines is 1. The molecule has 0 fully saturated rings. The lowest BCUT2D eigenvalue weighted by Gasteiger charge is -2.14. The molecule has 0 saturated carbocycles. The first-order valence-electron chi connectivity index (χ1n) is 9.95. The van der Waals surface area contributed by atoms with Crippen LogP contribution in [0.1, 0.15) is 18.1 Å². The van der Waals surface area contributed by atoms with E-state index in [2.05, 4.69) is 97.9 Å². The maximum atomic E-state index is 6.56. The first-order chi connectivity index (χ1) is 14.2. The summed E-state index contributed by atoms with van der Waals surface area (Å²) in [6.07, 6.45) is 4.12. The Kier molecular flexibility index (Phi) is 5.31. The number of rotatable bonds is 4. The molecule has 0 saturated heterocycles. The molecule has 142 valence electrons. The van der Waals surface area contributed by atoms with E-state index in [0.29, 0.717) is 0 Å². The monoisotopic (exact) mass is 375 g/mol. The quantitative estimate of drug-likeness (QED) is 0.365. The van der Waals surface area contributed by atoms with Crippen molar-refractivity contribution in [1.82, 2.24) is 0 Å². The number of aryl methyl sites for hydroxylation is 1.